The molecule has 1 rings (SSSR count). The van der Waals surface area contributed by atoms with Crippen LogP contribution in [0.3, 0.4) is 0 Å². The Bertz CT molecular complexity index is 563. The molecule has 0 spiro atoms. The van der Waals surface area contributed by atoms with E-state index in [2.05, 4.69) is 5.32 Å². The first kappa shape index (κ1) is 17.5. The number of carbonyl (C=O) groups excluding carboxylic acids is 2. The number of nitrogens with one attached hydrogen (secondary N) is 1. The molecular weight excluding hydrogens is 313 g/mol. The van der Waals surface area contributed by atoms with Crippen LogP contribution in [0.1, 0.15) is 26.3 Å². The van der Waals surface area contributed by atoms with E-state index in [1.807, 2.05) is 0 Å². The van der Waals surface area contributed by atoms with Crippen molar-refractivity contribution in [3.8, 4) is 0 Å². The van der Waals surface area contributed by atoms with Crippen molar-refractivity contribution in [1.82, 2.24) is 5.32 Å². The Hall–Kier alpha value is -1.52. The van der Waals surface area contributed by atoms with Crippen LogP contribution in [0.25, 0.3) is 6.08 Å². The Balaban J connectivity index is 2.52. The fourth-order valence-corrected chi connectivity index (χ4v) is 1.76. The molecule has 1 N–H and O–H groups in total. The maximum absolute atomic E-state index is 11.6. The van der Waals surface area contributed by atoms with E-state index in [4.69, 9.17) is 27.9 Å². The Kier molecular flexibility index (Phi) is 6.24. The number of halogens is 2. The zero-order valence-electron chi connectivity index (χ0n) is 12.1. The van der Waals surface area contributed by atoms with Gasteiger partial charge in [0.25, 0.3) is 0 Å². The van der Waals surface area contributed by atoms with Crippen molar-refractivity contribution in [2.24, 2.45) is 0 Å². The number of carbonyl (C=O) groups is 2. The van der Waals surface area contributed by atoms with E-state index in [1.54, 1.807) is 39.0 Å². The molecule has 0 unspecified atom stereocenters. The number of amides is 1. The minimum Gasteiger partial charge on any atom is -0.459 e. The minimum atomic E-state index is -0.577. The first-order chi connectivity index (χ1) is 9.67. The van der Waals surface area contributed by atoms with Crippen LogP contribution in [0, 0.1) is 0 Å². The zero-order valence-corrected chi connectivity index (χ0v) is 13.6. The van der Waals surface area contributed by atoms with Gasteiger partial charge < -0.3 is 10.1 Å². The summed E-state index contributed by atoms with van der Waals surface area (Å²) in [5, 5.41) is 3.44. The van der Waals surface area contributed by atoms with E-state index in [0.29, 0.717) is 15.6 Å². The highest BCUT2D eigenvalue weighted by atomic mass is 35.5. The summed E-state index contributed by atoms with van der Waals surface area (Å²) < 4.78 is 5.07. The Morgan fingerprint density at radius 1 is 1.29 bits per heavy atom. The molecule has 0 aromatic heterocycles. The van der Waals surface area contributed by atoms with Crippen LogP contribution in [0.2, 0.25) is 10.0 Å². The molecule has 1 aromatic carbocycles. The van der Waals surface area contributed by atoms with Crippen molar-refractivity contribution in [3.63, 3.8) is 0 Å². The average molecular weight is 330 g/mol. The van der Waals surface area contributed by atoms with Crippen LogP contribution in [-0.2, 0) is 14.3 Å². The number of hydrogen-bond donors (Lipinski definition) is 1. The maximum atomic E-state index is 11.6. The van der Waals surface area contributed by atoms with Gasteiger partial charge in [0.05, 0.1) is 0 Å². The summed E-state index contributed by atoms with van der Waals surface area (Å²) in [5.41, 5.74) is 0.0444. The van der Waals surface area contributed by atoms with Gasteiger partial charge >= 0.3 is 5.97 Å². The lowest BCUT2D eigenvalue weighted by Crippen LogP contribution is -2.33. The minimum absolute atomic E-state index is 0.191. The second-order valence-electron chi connectivity index (χ2n) is 5.30. The van der Waals surface area contributed by atoms with Crippen molar-refractivity contribution in [2.45, 2.75) is 26.4 Å². The first-order valence-electron chi connectivity index (χ1n) is 6.30. The molecule has 0 aliphatic rings. The highest BCUT2D eigenvalue weighted by molar-refractivity contribution is 6.34. The third-order valence-electron chi connectivity index (χ3n) is 2.20. The molecule has 0 aliphatic heterocycles. The maximum Gasteiger partial charge on any atom is 0.325 e. The van der Waals surface area contributed by atoms with E-state index in [1.165, 1.54) is 12.2 Å². The summed E-state index contributed by atoms with van der Waals surface area (Å²) in [6.45, 7) is 5.08. The smallest absolute Gasteiger partial charge is 0.325 e. The van der Waals surface area contributed by atoms with Crippen molar-refractivity contribution in [3.05, 3.63) is 39.9 Å². The van der Waals surface area contributed by atoms with E-state index >= 15 is 0 Å². The summed E-state index contributed by atoms with van der Waals surface area (Å²) in [6.07, 6.45) is 2.81. The molecule has 0 saturated heterocycles. The summed E-state index contributed by atoms with van der Waals surface area (Å²) in [5.74, 6) is -0.915. The number of rotatable bonds is 4. The predicted molar refractivity (Wildman–Crippen MR) is 84.4 cm³/mol. The lowest BCUT2D eigenvalue weighted by atomic mass is 10.2. The predicted octanol–water partition coefficient (Wildman–Crippen LogP) is 3.46. The van der Waals surface area contributed by atoms with Crippen LogP contribution in [0.4, 0.5) is 0 Å². The number of esters is 1. The lowest BCUT2D eigenvalue weighted by Gasteiger charge is -2.19. The topological polar surface area (TPSA) is 55.4 Å². The summed E-state index contributed by atoms with van der Waals surface area (Å²) in [7, 11) is 0. The van der Waals surface area contributed by atoms with Gasteiger partial charge in [0, 0.05) is 16.1 Å². The van der Waals surface area contributed by atoms with E-state index < -0.39 is 17.5 Å². The highest BCUT2D eigenvalue weighted by Crippen LogP contribution is 2.21. The molecule has 4 nitrogen and oxygen atoms in total. The van der Waals surface area contributed by atoms with Crippen LogP contribution in [-0.4, -0.2) is 24.0 Å². The highest BCUT2D eigenvalue weighted by Gasteiger charge is 2.16. The second kappa shape index (κ2) is 7.48. The fraction of sp³-hybridized carbons (Fsp3) is 0.333. The van der Waals surface area contributed by atoms with Crippen LogP contribution >= 0.6 is 23.2 Å². The monoisotopic (exact) mass is 329 g/mol. The molecule has 21 heavy (non-hydrogen) atoms. The van der Waals surface area contributed by atoms with Crippen LogP contribution in [0.5, 0.6) is 0 Å². The molecule has 0 saturated carbocycles. The molecule has 6 heteroatoms. The van der Waals surface area contributed by atoms with Crippen molar-refractivity contribution in [2.75, 3.05) is 6.54 Å². The van der Waals surface area contributed by atoms with Gasteiger partial charge in [-0.3, -0.25) is 9.59 Å². The van der Waals surface area contributed by atoms with Gasteiger partial charge in [-0.1, -0.05) is 23.2 Å². The van der Waals surface area contributed by atoms with Crippen LogP contribution in [0.15, 0.2) is 24.3 Å². The molecule has 0 radical (unpaired) electrons. The quantitative estimate of drug-likeness (QED) is 0.679. The van der Waals surface area contributed by atoms with Crippen molar-refractivity contribution in [1.29, 1.82) is 0 Å². The Morgan fingerprint density at radius 3 is 2.57 bits per heavy atom. The second-order valence-corrected chi connectivity index (χ2v) is 6.15. The molecule has 1 aromatic rings. The van der Waals surface area contributed by atoms with Gasteiger partial charge in [0.1, 0.15) is 12.1 Å². The van der Waals surface area contributed by atoms with Gasteiger partial charge in [-0.15, -0.1) is 0 Å². The number of benzene rings is 1. The largest absolute Gasteiger partial charge is 0.459 e. The first-order valence-corrected chi connectivity index (χ1v) is 7.06. The van der Waals surface area contributed by atoms with E-state index in [9.17, 15) is 9.59 Å². The molecule has 0 atom stereocenters. The van der Waals surface area contributed by atoms with Crippen molar-refractivity contribution >= 4 is 41.2 Å². The molecule has 114 valence electrons. The molecule has 0 aliphatic carbocycles. The third-order valence-corrected chi connectivity index (χ3v) is 2.78. The summed E-state index contributed by atoms with van der Waals surface area (Å²) >= 11 is 11.8. The average Bonchev–Trinajstić information content (AvgIpc) is 2.35. The van der Waals surface area contributed by atoms with Crippen LogP contribution < -0.4 is 5.32 Å². The fourth-order valence-electron chi connectivity index (χ4n) is 1.40. The SMILES string of the molecule is CC(C)(C)OC(=O)CNC(=O)C=Cc1cc(Cl)ccc1Cl. The van der Waals surface area contributed by atoms with Gasteiger partial charge in [-0.05, 0) is 50.6 Å². The normalized spacial score (nSPS) is 11.5. The molecular formula is C15H17Cl2NO3. The number of hydrogen-bond acceptors (Lipinski definition) is 3. The number of ether oxygens (including phenoxy) is 1. The van der Waals surface area contributed by atoms with Gasteiger partial charge in [0.2, 0.25) is 5.91 Å². The van der Waals surface area contributed by atoms with Crippen molar-refractivity contribution < 1.29 is 14.3 Å². The lowest BCUT2D eigenvalue weighted by molar-refractivity contribution is -0.154. The van der Waals surface area contributed by atoms with Gasteiger partial charge in [0.15, 0.2) is 0 Å². The van der Waals surface area contributed by atoms with E-state index in [0.717, 1.165) is 0 Å². The zero-order chi connectivity index (χ0) is 16.0. The molecule has 0 bridgehead atoms. The molecule has 1 amide bonds. The van der Waals surface area contributed by atoms with Gasteiger partial charge in [-0.2, -0.15) is 0 Å². The molecule has 0 heterocycles. The van der Waals surface area contributed by atoms with E-state index in [-0.39, 0.29) is 6.54 Å². The molecule has 0 fully saturated rings. The summed E-state index contributed by atoms with van der Waals surface area (Å²) in [4.78, 5) is 23.0. The standard InChI is InChI=1S/C15H17Cl2NO3/c1-15(2,3)21-14(20)9-18-13(19)7-4-10-8-11(16)5-6-12(10)17/h4-8H,9H2,1-3H3,(H,18,19). The third kappa shape index (κ3) is 7.16. The summed E-state index contributed by atoms with van der Waals surface area (Å²) in [6, 6.07) is 4.94. The Morgan fingerprint density at radius 2 is 1.95 bits per heavy atom. The van der Waals surface area contributed by atoms with Gasteiger partial charge in [-0.25, -0.2) is 0 Å². The Labute approximate surface area is 134 Å².